The minimum absolute atomic E-state index is 0.218. The Hall–Kier alpha value is -2.37. The van der Waals surface area contributed by atoms with Crippen molar-refractivity contribution in [1.82, 2.24) is 10.7 Å². The molecule has 0 unspecified atom stereocenters. The highest BCUT2D eigenvalue weighted by Crippen LogP contribution is 2.14. The predicted octanol–water partition coefficient (Wildman–Crippen LogP) is 2.87. The van der Waals surface area contributed by atoms with Crippen molar-refractivity contribution in [2.24, 2.45) is 5.10 Å². The zero-order chi connectivity index (χ0) is 16.7. The molecule has 7 heteroatoms. The number of hydrogen-bond donors (Lipinski definition) is 2. The maximum Gasteiger partial charge on any atom is 0.259 e. The average Bonchev–Trinajstić information content (AvgIpc) is 2.55. The van der Waals surface area contributed by atoms with Crippen LogP contribution in [0.3, 0.4) is 0 Å². The summed E-state index contributed by atoms with van der Waals surface area (Å²) in [5.74, 6) is -0.894. The Kier molecular flexibility index (Phi) is 6.14. The highest BCUT2D eigenvalue weighted by atomic mass is 35.5. The molecule has 118 valence electrons. The summed E-state index contributed by atoms with van der Waals surface area (Å²) in [6, 6.07) is 13.7. The van der Waals surface area contributed by atoms with Crippen LogP contribution in [0.25, 0.3) is 0 Å². The van der Waals surface area contributed by atoms with Gasteiger partial charge in [-0.25, -0.2) is 5.43 Å². The summed E-state index contributed by atoms with van der Waals surface area (Å²) in [6.45, 7) is -0.218. The third-order valence-electron chi connectivity index (χ3n) is 2.83. The van der Waals surface area contributed by atoms with E-state index in [1.165, 1.54) is 6.21 Å². The van der Waals surface area contributed by atoms with E-state index >= 15 is 0 Å². The number of hydrogen-bond acceptors (Lipinski definition) is 3. The van der Waals surface area contributed by atoms with Crippen LogP contribution in [0.1, 0.15) is 15.9 Å². The lowest BCUT2D eigenvalue weighted by Gasteiger charge is -2.05. The van der Waals surface area contributed by atoms with Crippen molar-refractivity contribution in [2.75, 3.05) is 6.54 Å². The summed E-state index contributed by atoms with van der Waals surface area (Å²) < 4.78 is 0. The predicted molar refractivity (Wildman–Crippen MR) is 91.0 cm³/mol. The molecule has 0 aliphatic heterocycles. The minimum Gasteiger partial charge on any atom is -0.343 e. The van der Waals surface area contributed by atoms with Crippen LogP contribution in [0.5, 0.6) is 0 Å². The molecule has 0 aliphatic carbocycles. The van der Waals surface area contributed by atoms with Crippen molar-refractivity contribution >= 4 is 41.2 Å². The van der Waals surface area contributed by atoms with Crippen molar-refractivity contribution in [3.63, 3.8) is 0 Å². The van der Waals surface area contributed by atoms with Gasteiger partial charge >= 0.3 is 0 Å². The number of carbonyl (C=O) groups excluding carboxylic acids is 2. The number of rotatable bonds is 5. The smallest absolute Gasteiger partial charge is 0.259 e. The van der Waals surface area contributed by atoms with Gasteiger partial charge in [-0.1, -0.05) is 53.5 Å². The molecule has 0 fully saturated rings. The van der Waals surface area contributed by atoms with Crippen molar-refractivity contribution in [2.45, 2.75) is 0 Å². The summed E-state index contributed by atoms with van der Waals surface area (Å²) in [5.41, 5.74) is 3.29. The molecule has 0 saturated heterocycles. The molecule has 0 bridgehead atoms. The SMILES string of the molecule is O=C(CNC(=O)c1ccccc1Cl)N/N=C/c1ccccc1Cl. The normalized spacial score (nSPS) is 10.5. The Labute approximate surface area is 143 Å². The third kappa shape index (κ3) is 5.09. The summed E-state index contributed by atoms with van der Waals surface area (Å²) in [4.78, 5) is 23.5. The van der Waals surface area contributed by atoms with Gasteiger partial charge in [-0.15, -0.1) is 0 Å². The number of nitrogens with one attached hydrogen (secondary N) is 2. The van der Waals surface area contributed by atoms with Crippen LogP contribution in [0.4, 0.5) is 0 Å². The first-order valence-electron chi connectivity index (χ1n) is 6.67. The molecular weight excluding hydrogens is 337 g/mol. The summed E-state index contributed by atoms with van der Waals surface area (Å²) >= 11 is 11.9. The van der Waals surface area contributed by atoms with Gasteiger partial charge in [-0.05, 0) is 18.2 Å². The van der Waals surface area contributed by atoms with E-state index in [4.69, 9.17) is 23.2 Å². The second kappa shape index (κ2) is 8.31. The van der Waals surface area contributed by atoms with Crippen LogP contribution < -0.4 is 10.7 Å². The van der Waals surface area contributed by atoms with E-state index in [1.807, 2.05) is 0 Å². The van der Waals surface area contributed by atoms with Crippen LogP contribution in [0.2, 0.25) is 10.0 Å². The largest absolute Gasteiger partial charge is 0.343 e. The molecule has 2 aromatic carbocycles. The molecule has 2 amide bonds. The number of carbonyl (C=O) groups is 2. The molecule has 0 aromatic heterocycles. The van der Waals surface area contributed by atoms with Gasteiger partial charge in [0.15, 0.2) is 0 Å². The summed E-state index contributed by atoms with van der Waals surface area (Å²) in [7, 11) is 0. The Morgan fingerprint density at radius 2 is 1.65 bits per heavy atom. The van der Waals surface area contributed by atoms with Gasteiger partial charge in [0.2, 0.25) is 0 Å². The maximum absolute atomic E-state index is 11.9. The molecule has 2 rings (SSSR count). The van der Waals surface area contributed by atoms with Crippen molar-refractivity contribution in [3.05, 3.63) is 69.7 Å². The lowest BCUT2D eigenvalue weighted by atomic mass is 10.2. The highest BCUT2D eigenvalue weighted by molar-refractivity contribution is 6.34. The number of benzene rings is 2. The maximum atomic E-state index is 11.9. The van der Waals surface area contributed by atoms with E-state index < -0.39 is 11.8 Å². The second-order valence-corrected chi connectivity index (χ2v) is 5.29. The first kappa shape index (κ1) is 17.0. The van der Waals surface area contributed by atoms with E-state index in [9.17, 15) is 9.59 Å². The quantitative estimate of drug-likeness (QED) is 0.643. The Morgan fingerprint density at radius 1 is 1.00 bits per heavy atom. The Balaban J connectivity index is 1.83. The molecule has 5 nitrogen and oxygen atoms in total. The van der Waals surface area contributed by atoms with Crippen LogP contribution in [0, 0.1) is 0 Å². The van der Waals surface area contributed by atoms with Crippen molar-refractivity contribution in [1.29, 1.82) is 0 Å². The van der Waals surface area contributed by atoms with Gasteiger partial charge in [0, 0.05) is 10.6 Å². The van der Waals surface area contributed by atoms with Gasteiger partial charge in [0.25, 0.3) is 11.8 Å². The highest BCUT2D eigenvalue weighted by Gasteiger charge is 2.10. The van der Waals surface area contributed by atoms with Crippen LogP contribution >= 0.6 is 23.2 Å². The molecule has 2 aromatic rings. The first-order chi connectivity index (χ1) is 11.1. The standard InChI is InChI=1S/C16H13Cl2N3O2/c17-13-7-3-1-5-11(13)9-20-21-15(22)10-19-16(23)12-6-2-4-8-14(12)18/h1-9H,10H2,(H,19,23)(H,21,22)/b20-9+. The number of hydrazone groups is 1. The lowest BCUT2D eigenvalue weighted by molar-refractivity contribution is -0.120. The fraction of sp³-hybridized carbons (Fsp3) is 0.0625. The fourth-order valence-corrected chi connectivity index (χ4v) is 2.10. The van der Waals surface area contributed by atoms with Gasteiger partial charge in [0.1, 0.15) is 0 Å². The van der Waals surface area contributed by atoms with Crippen LogP contribution in [-0.2, 0) is 4.79 Å². The first-order valence-corrected chi connectivity index (χ1v) is 7.42. The molecule has 0 aliphatic rings. The molecule has 0 atom stereocenters. The molecular formula is C16H13Cl2N3O2. The molecule has 23 heavy (non-hydrogen) atoms. The van der Waals surface area contributed by atoms with Gasteiger partial charge < -0.3 is 5.32 Å². The summed E-state index contributed by atoms with van der Waals surface area (Å²) in [6.07, 6.45) is 1.43. The number of halogens is 2. The van der Waals surface area contributed by atoms with E-state index in [0.717, 1.165) is 0 Å². The zero-order valence-electron chi connectivity index (χ0n) is 11.9. The third-order valence-corrected chi connectivity index (χ3v) is 3.50. The van der Waals surface area contributed by atoms with E-state index in [0.29, 0.717) is 21.2 Å². The van der Waals surface area contributed by atoms with Gasteiger partial charge in [-0.2, -0.15) is 5.10 Å². The van der Waals surface area contributed by atoms with E-state index in [2.05, 4.69) is 15.8 Å². The minimum atomic E-state index is -0.464. The van der Waals surface area contributed by atoms with Gasteiger partial charge in [-0.3, -0.25) is 9.59 Å². The van der Waals surface area contributed by atoms with E-state index in [-0.39, 0.29) is 6.54 Å². The van der Waals surface area contributed by atoms with Crippen molar-refractivity contribution in [3.8, 4) is 0 Å². The zero-order valence-corrected chi connectivity index (χ0v) is 13.4. The second-order valence-electron chi connectivity index (χ2n) is 4.48. The van der Waals surface area contributed by atoms with Gasteiger partial charge in [0.05, 0.1) is 23.3 Å². The average molecular weight is 350 g/mol. The number of nitrogens with zero attached hydrogens (tertiary/aromatic N) is 1. The number of amides is 2. The lowest BCUT2D eigenvalue weighted by Crippen LogP contribution is -2.35. The molecule has 0 saturated carbocycles. The summed E-state index contributed by atoms with van der Waals surface area (Å²) in [5, 5.41) is 7.10. The molecule has 0 spiro atoms. The molecule has 2 N–H and O–H groups in total. The van der Waals surface area contributed by atoms with Crippen LogP contribution in [0.15, 0.2) is 53.6 Å². The van der Waals surface area contributed by atoms with Crippen LogP contribution in [-0.4, -0.2) is 24.6 Å². The molecule has 0 heterocycles. The monoisotopic (exact) mass is 349 g/mol. The fourth-order valence-electron chi connectivity index (χ4n) is 1.69. The Morgan fingerprint density at radius 3 is 2.35 bits per heavy atom. The van der Waals surface area contributed by atoms with Crippen molar-refractivity contribution < 1.29 is 9.59 Å². The van der Waals surface area contributed by atoms with E-state index in [1.54, 1.807) is 48.5 Å². The Bertz CT molecular complexity index is 748. The topological polar surface area (TPSA) is 70.6 Å². The molecule has 0 radical (unpaired) electrons.